The van der Waals surface area contributed by atoms with Crippen LogP contribution in [0.25, 0.3) is 0 Å². The van der Waals surface area contributed by atoms with Crippen molar-refractivity contribution in [3.8, 4) is 0 Å². The maximum absolute atomic E-state index is 12.0. The minimum atomic E-state index is -1.07. The van der Waals surface area contributed by atoms with Crippen LogP contribution in [0.4, 0.5) is 17.2 Å². The summed E-state index contributed by atoms with van der Waals surface area (Å²) in [6.07, 6.45) is 5.02. The lowest BCUT2D eigenvalue weighted by molar-refractivity contribution is 0.0690. The minimum Gasteiger partial charge on any atom is -0.477 e. The summed E-state index contributed by atoms with van der Waals surface area (Å²) in [5, 5.41) is 22.2. The van der Waals surface area contributed by atoms with Gasteiger partial charge in [0.05, 0.1) is 17.9 Å². The quantitative estimate of drug-likeness (QED) is 0.291. The Bertz CT molecular complexity index is 1220. The van der Waals surface area contributed by atoms with Gasteiger partial charge in [-0.25, -0.2) is 9.78 Å². The standard InChI is InChI=1S/C30H34N4O3/c31-28(23-10-7-11-23)27-26(18-25(30(35)36)33-29(27)32-24-12-5-2-6-13-24)34-16-14-22(15-17-34)20-37-19-21-8-3-1-4-9-21/h1-6,8-9,12-13,18,22-23,31H,7,10-11,14-17,19-20H2,(H,32,33)(H,35,36). The summed E-state index contributed by atoms with van der Waals surface area (Å²) in [4.78, 5) is 18.7. The molecule has 192 valence electrons. The number of nitrogens with one attached hydrogen (secondary N) is 2. The van der Waals surface area contributed by atoms with E-state index in [0.29, 0.717) is 30.7 Å². The van der Waals surface area contributed by atoms with E-state index in [1.54, 1.807) is 6.07 Å². The van der Waals surface area contributed by atoms with Crippen LogP contribution in [0, 0.1) is 17.2 Å². The van der Waals surface area contributed by atoms with Gasteiger partial charge in [-0.15, -0.1) is 0 Å². The molecule has 7 nitrogen and oxygen atoms in total. The minimum absolute atomic E-state index is 0.00749. The highest BCUT2D eigenvalue weighted by molar-refractivity contribution is 6.10. The maximum Gasteiger partial charge on any atom is 0.354 e. The zero-order valence-corrected chi connectivity index (χ0v) is 21.0. The van der Waals surface area contributed by atoms with E-state index in [4.69, 9.17) is 10.1 Å². The summed E-state index contributed by atoms with van der Waals surface area (Å²) in [5.74, 6) is 0.0308. The molecule has 2 heterocycles. The molecule has 0 radical (unpaired) electrons. The van der Waals surface area contributed by atoms with Gasteiger partial charge < -0.3 is 25.5 Å². The second-order valence-corrected chi connectivity index (χ2v) is 10.0. The molecule has 1 aliphatic heterocycles. The van der Waals surface area contributed by atoms with Crippen molar-refractivity contribution >= 4 is 28.9 Å². The number of benzene rings is 2. The Labute approximate surface area is 218 Å². The highest BCUT2D eigenvalue weighted by Crippen LogP contribution is 2.38. The fraction of sp³-hybridized carbons (Fsp3) is 0.367. The van der Waals surface area contributed by atoms with Crippen molar-refractivity contribution in [2.75, 3.05) is 29.9 Å². The summed E-state index contributed by atoms with van der Waals surface area (Å²) >= 11 is 0. The molecule has 37 heavy (non-hydrogen) atoms. The number of hydrogen-bond donors (Lipinski definition) is 3. The molecule has 2 aliphatic rings. The van der Waals surface area contributed by atoms with Gasteiger partial charge in [-0.2, -0.15) is 0 Å². The highest BCUT2D eigenvalue weighted by atomic mass is 16.5. The number of anilines is 3. The van der Waals surface area contributed by atoms with E-state index in [-0.39, 0.29) is 11.6 Å². The van der Waals surface area contributed by atoms with Crippen molar-refractivity contribution in [2.24, 2.45) is 11.8 Å². The number of hydrogen-bond acceptors (Lipinski definition) is 6. The second-order valence-electron chi connectivity index (χ2n) is 10.0. The van der Waals surface area contributed by atoms with Gasteiger partial charge in [-0.3, -0.25) is 0 Å². The smallest absolute Gasteiger partial charge is 0.354 e. The largest absolute Gasteiger partial charge is 0.477 e. The average molecular weight is 499 g/mol. The zero-order valence-electron chi connectivity index (χ0n) is 21.0. The number of aromatic carboxylic acids is 1. The van der Waals surface area contributed by atoms with Crippen molar-refractivity contribution in [1.29, 1.82) is 5.41 Å². The molecule has 3 N–H and O–H groups in total. The number of para-hydroxylation sites is 1. The van der Waals surface area contributed by atoms with Gasteiger partial charge in [0.25, 0.3) is 0 Å². The summed E-state index contributed by atoms with van der Waals surface area (Å²) in [6, 6.07) is 21.5. The molecule has 1 saturated carbocycles. The first-order valence-electron chi connectivity index (χ1n) is 13.1. The van der Waals surface area contributed by atoms with Crippen LogP contribution in [0.1, 0.15) is 53.7 Å². The molecule has 1 saturated heterocycles. The van der Waals surface area contributed by atoms with E-state index in [1.165, 1.54) is 5.56 Å². The van der Waals surface area contributed by atoms with E-state index in [9.17, 15) is 9.90 Å². The second kappa shape index (κ2) is 11.6. The Kier molecular flexibility index (Phi) is 7.80. The Balaban J connectivity index is 1.36. The lowest BCUT2D eigenvalue weighted by Gasteiger charge is -2.36. The van der Waals surface area contributed by atoms with E-state index in [2.05, 4.69) is 27.3 Å². The summed E-state index contributed by atoms with van der Waals surface area (Å²) in [5.41, 5.74) is 4.07. The number of carbonyl (C=O) groups is 1. The van der Waals surface area contributed by atoms with E-state index >= 15 is 0 Å². The lowest BCUT2D eigenvalue weighted by atomic mass is 9.79. The molecule has 0 atom stereocenters. The van der Waals surface area contributed by atoms with Crippen LogP contribution in [0.15, 0.2) is 66.7 Å². The molecule has 2 aromatic carbocycles. The zero-order chi connectivity index (χ0) is 25.6. The molecule has 0 amide bonds. The topological polar surface area (TPSA) is 98.5 Å². The van der Waals surface area contributed by atoms with E-state index in [0.717, 1.165) is 62.1 Å². The van der Waals surface area contributed by atoms with Crippen LogP contribution in [0.3, 0.4) is 0 Å². The Hall–Kier alpha value is -3.71. The molecule has 2 fully saturated rings. The predicted molar refractivity (Wildman–Crippen MR) is 146 cm³/mol. The third-order valence-electron chi connectivity index (χ3n) is 7.46. The first kappa shape index (κ1) is 25.0. The summed E-state index contributed by atoms with van der Waals surface area (Å²) < 4.78 is 6.00. The van der Waals surface area contributed by atoms with Crippen LogP contribution < -0.4 is 10.2 Å². The van der Waals surface area contributed by atoms with Gasteiger partial charge in [0, 0.05) is 37.0 Å². The molecule has 1 aromatic heterocycles. The number of rotatable bonds is 10. The van der Waals surface area contributed by atoms with Crippen LogP contribution in [-0.4, -0.2) is 41.5 Å². The molecule has 3 aromatic rings. The first-order valence-corrected chi connectivity index (χ1v) is 13.1. The SMILES string of the molecule is N=C(c1c(N2CCC(COCc3ccccc3)CC2)cc(C(=O)O)nc1Nc1ccccc1)C1CCC1. The van der Waals surface area contributed by atoms with Crippen molar-refractivity contribution in [2.45, 2.75) is 38.7 Å². The van der Waals surface area contributed by atoms with Gasteiger partial charge in [-0.05, 0) is 55.4 Å². The monoisotopic (exact) mass is 498 g/mol. The number of carboxylic acid groups (broad SMARTS) is 1. The number of carboxylic acids is 1. The maximum atomic E-state index is 12.0. The van der Waals surface area contributed by atoms with Gasteiger partial charge in [0.2, 0.25) is 0 Å². The Morgan fingerprint density at radius 2 is 1.70 bits per heavy atom. The van der Waals surface area contributed by atoms with E-state index in [1.807, 2.05) is 48.5 Å². The molecule has 5 rings (SSSR count). The molecule has 7 heteroatoms. The Morgan fingerprint density at radius 1 is 1.03 bits per heavy atom. The fourth-order valence-electron chi connectivity index (χ4n) is 5.06. The molecular formula is C30H34N4O3. The van der Waals surface area contributed by atoms with Crippen molar-refractivity contribution in [1.82, 2.24) is 4.98 Å². The number of aromatic nitrogens is 1. The number of piperidine rings is 1. The summed E-state index contributed by atoms with van der Waals surface area (Å²) in [7, 11) is 0. The first-order chi connectivity index (χ1) is 18.1. The van der Waals surface area contributed by atoms with Gasteiger partial charge >= 0.3 is 5.97 Å². The van der Waals surface area contributed by atoms with E-state index < -0.39 is 5.97 Å². The summed E-state index contributed by atoms with van der Waals surface area (Å²) in [6.45, 7) is 2.91. The van der Waals surface area contributed by atoms with Crippen LogP contribution in [0.2, 0.25) is 0 Å². The molecule has 1 aliphatic carbocycles. The van der Waals surface area contributed by atoms with Crippen molar-refractivity contribution < 1.29 is 14.6 Å². The van der Waals surface area contributed by atoms with Gasteiger partial charge in [0.15, 0.2) is 5.69 Å². The molecule has 0 unspecified atom stereocenters. The van der Waals surface area contributed by atoms with Crippen LogP contribution in [0.5, 0.6) is 0 Å². The fourth-order valence-corrected chi connectivity index (χ4v) is 5.06. The number of nitrogens with zero attached hydrogens (tertiary/aromatic N) is 2. The van der Waals surface area contributed by atoms with Gasteiger partial charge in [0.1, 0.15) is 5.82 Å². The molecular weight excluding hydrogens is 464 g/mol. The van der Waals surface area contributed by atoms with Crippen LogP contribution in [-0.2, 0) is 11.3 Å². The third-order valence-corrected chi connectivity index (χ3v) is 7.46. The van der Waals surface area contributed by atoms with Gasteiger partial charge in [-0.1, -0.05) is 55.0 Å². The predicted octanol–water partition coefficient (Wildman–Crippen LogP) is 6.12. The van der Waals surface area contributed by atoms with Crippen molar-refractivity contribution in [3.63, 3.8) is 0 Å². The average Bonchev–Trinajstić information content (AvgIpc) is 2.89. The van der Waals surface area contributed by atoms with Crippen molar-refractivity contribution in [3.05, 3.63) is 83.6 Å². The van der Waals surface area contributed by atoms with Crippen LogP contribution >= 0.6 is 0 Å². The molecule has 0 bridgehead atoms. The number of ether oxygens (including phenoxy) is 1. The third kappa shape index (κ3) is 6.00. The highest BCUT2D eigenvalue weighted by Gasteiger charge is 2.31. The molecule has 0 spiro atoms. The Morgan fingerprint density at radius 3 is 2.32 bits per heavy atom. The lowest BCUT2D eigenvalue weighted by Crippen LogP contribution is -2.37. The normalized spacial score (nSPS) is 16.3. The number of pyridine rings is 1.